The lowest BCUT2D eigenvalue weighted by atomic mass is 10.1. The van der Waals surface area contributed by atoms with Crippen LogP contribution >= 0.6 is 0 Å². The van der Waals surface area contributed by atoms with E-state index in [0.29, 0.717) is 0 Å². The zero-order valence-corrected chi connectivity index (χ0v) is 5.41. The standard InChI is InChI=1S/C7H13N/c1-2-3-4-7-5-8-6-7/h5,8H,2-4,6H2,1H3. The van der Waals surface area contributed by atoms with Crippen molar-refractivity contribution in [3.8, 4) is 0 Å². The average molecular weight is 111 g/mol. The van der Waals surface area contributed by atoms with E-state index in [2.05, 4.69) is 18.4 Å². The Kier molecular flexibility index (Phi) is 1.95. The van der Waals surface area contributed by atoms with Gasteiger partial charge in [0.2, 0.25) is 0 Å². The van der Waals surface area contributed by atoms with Crippen LogP contribution in [0.3, 0.4) is 0 Å². The predicted octanol–water partition coefficient (Wildman–Crippen LogP) is 1.66. The molecule has 1 aliphatic rings. The van der Waals surface area contributed by atoms with Crippen molar-refractivity contribution in [2.45, 2.75) is 26.2 Å². The van der Waals surface area contributed by atoms with Crippen molar-refractivity contribution < 1.29 is 0 Å². The van der Waals surface area contributed by atoms with Gasteiger partial charge in [-0.05, 0) is 24.6 Å². The molecule has 0 aromatic heterocycles. The van der Waals surface area contributed by atoms with Crippen molar-refractivity contribution in [2.24, 2.45) is 0 Å². The van der Waals surface area contributed by atoms with Gasteiger partial charge in [0.15, 0.2) is 0 Å². The average Bonchev–Trinajstić information content (AvgIpc) is 1.63. The highest BCUT2D eigenvalue weighted by Gasteiger charge is 2.01. The maximum Gasteiger partial charge on any atom is 0.0371 e. The molecule has 0 aromatic carbocycles. The molecule has 1 N–H and O–H groups in total. The van der Waals surface area contributed by atoms with Crippen LogP contribution in [0.25, 0.3) is 0 Å². The number of unbranched alkanes of at least 4 members (excludes halogenated alkanes) is 1. The van der Waals surface area contributed by atoms with E-state index >= 15 is 0 Å². The zero-order chi connectivity index (χ0) is 5.82. The Labute approximate surface area is 50.8 Å². The first kappa shape index (κ1) is 5.67. The van der Waals surface area contributed by atoms with Gasteiger partial charge in [-0.3, -0.25) is 0 Å². The lowest BCUT2D eigenvalue weighted by Gasteiger charge is -2.15. The molecule has 8 heavy (non-hydrogen) atoms. The third-order valence-electron chi connectivity index (χ3n) is 1.49. The van der Waals surface area contributed by atoms with Gasteiger partial charge in [0.05, 0.1) is 0 Å². The molecule has 1 heteroatoms. The van der Waals surface area contributed by atoms with Crippen molar-refractivity contribution in [2.75, 3.05) is 6.54 Å². The molecule has 1 rings (SSSR count). The van der Waals surface area contributed by atoms with Crippen molar-refractivity contribution in [3.63, 3.8) is 0 Å². The molecule has 0 saturated carbocycles. The lowest BCUT2D eigenvalue weighted by molar-refractivity contribution is 0.706. The smallest absolute Gasteiger partial charge is 0.0371 e. The Bertz CT molecular complexity index is 94.6. The summed E-state index contributed by atoms with van der Waals surface area (Å²) in [7, 11) is 0. The fourth-order valence-electron chi connectivity index (χ4n) is 0.811. The van der Waals surface area contributed by atoms with Crippen LogP contribution in [0.5, 0.6) is 0 Å². The summed E-state index contributed by atoms with van der Waals surface area (Å²) >= 11 is 0. The van der Waals surface area contributed by atoms with Crippen LogP contribution in [0.1, 0.15) is 26.2 Å². The van der Waals surface area contributed by atoms with Gasteiger partial charge in [-0.1, -0.05) is 13.3 Å². The van der Waals surface area contributed by atoms with Gasteiger partial charge in [-0.25, -0.2) is 0 Å². The Balaban J connectivity index is 2.02. The van der Waals surface area contributed by atoms with E-state index in [-0.39, 0.29) is 0 Å². The third-order valence-corrected chi connectivity index (χ3v) is 1.49. The van der Waals surface area contributed by atoms with E-state index in [1.165, 1.54) is 19.3 Å². The molecule has 0 aliphatic carbocycles. The minimum absolute atomic E-state index is 1.14. The molecule has 0 unspecified atom stereocenters. The molecule has 0 aromatic rings. The molecular weight excluding hydrogens is 98.1 g/mol. The first-order valence-corrected chi connectivity index (χ1v) is 3.35. The highest BCUT2D eigenvalue weighted by molar-refractivity contribution is 5.11. The molecule has 0 amide bonds. The van der Waals surface area contributed by atoms with Crippen LogP contribution in [0, 0.1) is 0 Å². The van der Waals surface area contributed by atoms with E-state index in [0.717, 1.165) is 6.54 Å². The van der Waals surface area contributed by atoms with Gasteiger partial charge in [0.1, 0.15) is 0 Å². The SMILES string of the molecule is CCCCC1=CNC1. The maximum atomic E-state index is 3.11. The van der Waals surface area contributed by atoms with Crippen LogP contribution in [0.2, 0.25) is 0 Å². The fourth-order valence-corrected chi connectivity index (χ4v) is 0.811. The molecule has 1 aliphatic heterocycles. The number of rotatable bonds is 3. The van der Waals surface area contributed by atoms with Crippen LogP contribution in [0.15, 0.2) is 11.8 Å². The maximum absolute atomic E-state index is 3.11. The molecular formula is C7H13N. The lowest BCUT2D eigenvalue weighted by Crippen LogP contribution is -2.21. The summed E-state index contributed by atoms with van der Waals surface area (Å²) < 4.78 is 0. The molecule has 46 valence electrons. The molecule has 0 bridgehead atoms. The van der Waals surface area contributed by atoms with Gasteiger partial charge in [-0.2, -0.15) is 0 Å². The highest BCUT2D eigenvalue weighted by atomic mass is 14.9. The summed E-state index contributed by atoms with van der Waals surface area (Å²) in [6, 6.07) is 0. The molecule has 1 heterocycles. The summed E-state index contributed by atoms with van der Waals surface area (Å²) in [5.41, 5.74) is 1.59. The van der Waals surface area contributed by atoms with Gasteiger partial charge in [0.25, 0.3) is 0 Å². The molecule has 0 saturated heterocycles. The van der Waals surface area contributed by atoms with Gasteiger partial charge in [0, 0.05) is 6.54 Å². The normalized spacial score (nSPS) is 16.4. The minimum Gasteiger partial charge on any atom is -0.387 e. The van der Waals surface area contributed by atoms with E-state index in [4.69, 9.17) is 0 Å². The molecule has 0 spiro atoms. The summed E-state index contributed by atoms with van der Waals surface area (Å²) in [6.07, 6.45) is 6.10. The van der Waals surface area contributed by atoms with Gasteiger partial charge in [-0.15, -0.1) is 0 Å². The summed E-state index contributed by atoms with van der Waals surface area (Å²) in [6.45, 7) is 3.37. The van der Waals surface area contributed by atoms with Crippen molar-refractivity contribution in [3.05, 3.63) is 11.8 Å². The second kappa shape index (κ2) is 2.75. The quantitative estimate of drug-likeness (QED) is 0.584. The molecule has 1 nitrogen and oxygen atoms in total. The fraction of sp³-hybridized carbons (Fsp3) is 0.714. The molecule has 0 fully saturated rings. The van der Waals surface area contributed by atoms with Crippen LogP contribution in [-0.2, 0) is 0 Å². The summed E-state index contributed by atoms with van der Waals surface area (Å²) in [5.74, 6) is 0. The van der Waals surface area contributed by atoms with Crippen molar-refractivity contribution >= 4 is 0 Å². The topological polar surface area (TPSA) is 12.0 Å². The Hall–Kier alpha value is -0.460. The monoisotopic (exact) mass is 111 g/mol. The zero-order valence-electron chi connectivity index (χ0n) is 5.41. The highest BCUT2D eigenvalue weighted by Crippen LogP contribution is 2.09. The predicted molar refractivity (Wildman–Crippen MR) is 35.6 cm³/mol. The molecule has 0 radical (unpaired) electrons. The second-order valence-corrected chi connectivity index (χ2v) is 2.29. The third kappa shape index (κ3) is 1.25. The number of hydrogen-bond donors (Lipinski definition) is 1. The van der Waals surface area contributed by atoms with Crippen LogP contribution < -0.4 is 5.32 Å². The second-order valence-electron chi connectivity index (χ2n) is 2.29. The number of nitrogens with one attached hydrogen (secondary N) is 1. The molecule has 0 atom stereocenters. The summed E-state index contributed by atoms with van der Waals surface area (Å²) in [4.78, 5) is 0. The first-order chi connectivity index (χ1) is 3.93. The number of hydrogen-bond acceptors (Lipinski definition) is 1. The van der Waals surface area contributed by atoms with E-state index in [1.54, 1.807) is 5.57 Å². The van der Waals surface area contributed by atoms with Crippen LogP contribution in [-0.4, -0.2) is 6.54 Å². The first-order valence-electron chi connectivity index (χ1n) is 3.35. The van der Waals surface area contributed by atoms with Crippen LogP contribution in [0.4, 0.5) is 0 Å². The minimum atomic E-state index is 1.14. The van der Waals surface area contributed by atoms with Gasteiger partial charge < -0.3 is 5.32 Å². The van der Waals surface area contributed by atoms with E-state index in [9.17, 15) is 0 Å². The van der Waals surface area contributed by atoms with Gasteiger partial charge >= 0.3 is 0 Å². The Morgan fingerprint density at radius 3 is 2.88 bits per heavy atom. The van der Waals surface area contributed by atoms with Crippen molar-refractivity contribution in [1.82, 2.24) is 5.32 Å². The van der Waals surface area contributed by atoms with E-state index in [1.807, 2.05) is 0 Å². The van der Waals surface area contributed by atoms with E-state index < -0.39 is 0 Å². The van der Waals surface area contributed by atoms with Crippen molar-refractivity contribution in [1.29, 1.82) is 0 Å². The Morgan fingerprint density at radius 1 is 1.75 bits per heavy atom. The Morgan fingerprint density at radius 2 is 2.50 bits per heavy atom. The largest absolute Gasteiger partial charge is 0.387 e. The summed E-state index contributed by atoms with van der Waals surface area (Å²) in [5, 5.41) is 3.11.